The van der Waals surface area contributed by atoms with Crippen LogP contribution in [0.4, 0.5) is 0 Å². The lowest BCUT2D eigenvalue weighted by Crippen LogP contribution is -2.54. The van der Waals surface area contributed by atoms with Crippen LogP contribution >= 0.6 is 0 Å². The Morgan fingerprint density at radius 3 is 1.47 bits per heavy atom. The second-order valence-corrected chi connectivity index (χ2v) is 8.76. The maximum Gasteiger partial charge on any atom is 0.132 e. The molecule has 0 unspecified atom stereocenters. The molecule has 0 aliphatic carbocycles. The fourth-order valence-electron chi connectivity index (χ4n) is 4.68. The number of hydrogen-bond acceptors (Lipinski definition) is 3. The van der Waals surface area contributed by atoms with Crippen LogP contribution in [-0.2, 0) is 16.8 Å². The average Bonchev–Trinajstić information content (AvgIpc) is 2.88. The summed E-state index contributed by atoms with van der Waals surface area (Å²) >= 11 is 0. The quantitative estimate of drug-likeness (QED) is 0.314. The van der Waals surface area contributed by atoms with E-state index in [2.05, 4.69) is 53.8 Å². The van der Waals surface area contributed by atoms with E-state index in [-0.39, 0.29) is 18.2 Å². The molecule has 4 rings (SSSR count). The summed E-state index contributed by atoms with van der Waals surface area (Å²) in [6, 6.07) is 40.7. The molecule has 0 saturated carbocycles. The Labute approximate surface area is 202 Å². The predicted octanol–water partition coefficient (Wildman–Crippen LogP) is 5.52. The smallest absolute Gasteiger partial charge is 0.132 e. The van der Waals surface area contributed by atoms with Crippen molar-refractivity contribution in [1.29, 1.82) is 0 Å². The van der Waals surface area contributed by atoms with Crippen LogP contribution in [0.3, 0.4) is 0 Å². The maximum atomic E-state index is 12.0. The summed E-state index contributed by atoms with van der Waals surface area (Å²) in [4.78, 5) is 12.0. The van der Waals surface area contributed by atoms with E-state index in [1.165, 1.54) is 6.92 Å². The molecule has 0 bridgehead atoms. The van der Waals surface area contributed by atoms with Crippen molar-refractivity contribution in [2.45, 2.75) is 37.5 Å². The third-order valence-corrected chi connectivity index (χ3v) is 6.28. The third-order valence-electron chi connectivity index (χ3n) is 6.28. The van der Waals surface area contributed by atoms with E-state index in [4.69, 9.17) is 0 Å². The highest BCUT2D eigenvalue weighted by molar-refractivity contribution is 5.76. The number of rotatable bonds is 10. The van der Waals surface area contributed by atoms with Crippen molar-refractivity contribution in [2.75, 3.05) is 0 Å². The van der Waals surface area contributed by atoms with Crippen molar-refractivity contribution < 1.29 is 9.90 Å². The molecule has 0 aliphatic rings. The van der Waals surface area contributed by atoms with Crippen molar-refractivity contribution in [3.8, 4) is 0 Å². The van der Waals surface area contributed by atoms with Crippen LogP contribution in [0.5, 0.6) is 0 Å². The summed E-state index contributed by atoms with van der Waals surface area (Å²) in [6.07, 6.45) is -0.157. The Hall–Kier alpha value is -3.53. The van der Waals surface area contributed by atoms with Gasteiger partial charge in [-0.3, -0.25) is 10.1 Å². The normalized spacial score (nSPS) is 13.2. The van der Waals surface area contributed by atoms with E-state index in [1.807, 2.05) is 72.8 Å². The second-order valence-electron chi connectivity index (χ2n) is 8.76. The summed E-state index contributed by atoms with van der Waals surface area (Å²) < 4.78 is 0. The summed E-state index contributed by atoms with van der Waals surface area (Å²) in [5.74, 6) is -0.0305. The number of Topliss-reactive ketones (excluding diaryl/α,β-unsaturated/α-hetero) is 1. The Morgan fingerprint density at radius 2 is 1.09 bits per heavy atom. The van der Waals surface area contributed by atoms with Gasteiger partial charge in [0.25, 0.3) is 0 Å². The first-order valence-corrected chi connectivity index (χ1v) is 11.8. The van der Waals surface area contributed by atoms with Gasteiger partial charge >= 0.3 is 0 Å². The van der Waals surface area contributed by atoms with Gasteiger partial charge in [0.1, 0.15) is 5.78 Å². The predicted molar refractivity (Wildman–Crippen MR) is 138 cm³/mol. The van der Waals surface area contributed by atoms with Crippen molar-refractivity contribution in [3.05, 3.63) is 144 Å². The van der Waals surface area contributed by atoms with Gasteiger partial charge < -0.3 is 5.11 Å². The minimum absolute atomic E-state index is 0.0305. The molecule has 0 heterocycles. The lowest BCUT2D eigenvalue weighted by atomic mass is 9.75. The van der Waals surface area contributed by atoms with Gasteiger partial charge in [-0.05, 0) is 35.6 Å². The number of carbonyl (C=O) groups excluding carboxylic acids is 1. The monoisotopic (exact) mass is 449 g/mol. The third kappa shape index (κ3) is 5.33. The van der Waals surface area contributed by atoms with Crippen molar-refractivity contribution in [2.24, 2.45) is 0 Å². The van der Waals surface area contributed by atoms with E-state index in [0.29, 0.717) is 6.42 Å². The van der Waals surface area contributed by atoms with Crippen LogP contribution < -0.4 is 5.32 Å². The van der Waals surface area contributed by atoms with E-state index < -0.39 is 11.6 Å². The Bertz CT molecular complexity index is 1060. The number of benzene rings is 4. The largest absolute Gasteiger partial charge is 0.391 e. The minimum atomic E-state index is -0.840. The molecule has 172 valence electrons. The summed E-state index contributed by atoms with van der Waals surface area (Å²) in [5, 5.41) is 15.1. The van der Waals surface area contributed by atoms with Gasteiger partial charge in [-0.15, -0.1) is 0 Å². The molecule has 34 heavy (non-hydrogen) atoms. The SMILES string of the molecule is CC(=O)C[C@@H](O)[C@H](Cc1ccccc1)NC(c1ccccc1)(c1ccccc1)c1ccccc1. The second kappa shape index (κ2) is 11.1. The zero-order valence-electron chi connectivity index (χ0n) is 19.5. The molecular weight excluding hydrogens is 418 g/mol. The fourth-order valence-corrected chi connectivity index (χ4v) is 4.68. The highest BCUT2D eigenvalue weighted by atomic mass is 16.3. The molecule has 3 heteroatoms. The zero-order valence-corrected chi connectivity index (χ0v) is 19.5. The number of ketones is 1. The van der Waals surface area contributed by atoms with Gasteiger partial charge in [-0.2, -0.15) is 0 Å². The first-order valence-electron chi connectivity index (χ1n) is 11.8. The molecule has 0 aromatic heterocycles. The number of hydrogen-bond donors (Lipinski definition) is 2. The molecule has 0 spiro atoms. The molecule has 0 saturated heterocycles. The Morgan fingerprint density at radius 1 is 0.706 bits per heavy atom. The summed E-state index contributed by atoms with van der Waals surface area (Å²) in [7, 11) is 0. The molecule has 0 fully saturated rings. The zero-order chi connectivity index (χ0) is 23.8. The highest BCUT2D eigenvalue weighted by Gasteiger charge is 2.39. The Balaban J connectivity index is 1.89. The molecule has 0 amide bonds. The van der Waals surface area contributed by atoms with Gasteiger partial charge in [0.05, 0.1) is 11.6 Å². The van der Waals surface area contributed by atoms with E-state index in [1.54, 1.807) is 0 Å². The van der Waals surface area contributed by atoms with Crippen LogP contribution in [0.1, 0.15) is 35.6 Å². The fraction of sp³-hybridized carbons (Fsp3) is 0.194. The highest BCUT2D eigenvalue weighted by Crippen LogP contribution is 2.38. The minimum Gasteiger partial charge on any atom is -0.391 e. The molecule has 2 atom stereocenters. The van der Waals surface area contributed by atoms with E-state index in [9.17, 15) is 9.90 Å². The van der Waals surface area contributed by atoms with Gasteiger partial charge in [-0.1, -0.05) is 121 Å². The van der Waals surface area contributed by atoms with Gasteiger partial charge in [0.15, 0.2) is 0 Å². The number of nitrogens with one attached hydrogen (secondary N) is 1. The lowest BCUT2D eigenvalue weighted by Gasteiger charge is -2.41. The first kappa shape index (κ1) is 23.6. The number of aliphatic hydroxyl groups excluding tert-OH is 1. The molecule has 0 aliphatic heterocycles. The van der Waals surface area contributed by atoms with Crippen LogP contribution in [0.25, 0.3) is 0 Å². The Kier molecular flexibility index (Phi) is 7.69. The molecule has 4 aromatic carbocycles. The van der Waals surface area contributed by atoms with Gasteiger partial charge in [-0.25, -0.2) is 0 Å². The lowest BCUT2D eigenvalue weighted by molar-refractivity contribution is -0.119. The van der Waals surface area contributed by atoms with Crippen LogP contribution in [0.15, 0.2) is 121 Å². The average molecular weight is 450 g/mol. The van der Waals surface area contributed by atoms with Crippen LogP contribution in [0, 0.1) is 0 Å². The number of aliphatic hydroxyl groups is 1. The van der Waals surface area contributed by atoms with Gasteiger partial charge in [0.2, 0.25) is 0 Å². The molecular formula is C31H31NO2. The van der Waals surface area contributed by atoms with Crippen molar-refractivity contribution in [3.63, 3.8) is 0 Å². The molecule has 0 radical (unpaired) electrons. The van der Waals surface area contributed by atoms with Crippen LogP contribution in [-0.4, -0.2) is 23.0 Å². The summed E-state index contributed by atoms with van der Waals surface area (Å²) in [6.45, 7) is 1.53. The molecule has 4 aromatic rings. The maximum absolute atomic E-state index is 12.0. The first-order chi connectivity index (χ1) is 16.6. The van der Waals surface area contributed by atoms with E-state index >= 15 is 0 Å². The van der Waals surface area contributed by atoms with Crippen molar-refractivity contribution >= 4 is 5.78 Å². The molecule has 2 N–H and O–H groups in total. The summed E-state index contributed by atoms with van der Waals surface area (Å²) in [5.41, 5.74) is 3.59. The topological polar surface area (TPSA) is 49.3 Å². The van der Waals surface area contributed by atoms with E-state index in [0.717, 1.165) is 22.3 Å². The number of carbonyl (C=O) groups is 1. The van der Waals surface area contributed by atoms with Crippen LogP contribution in [0.2, 0.25) is 0 Å². The molecule has 3 nitrogen and oxygen atoms in total. The standard InChI is InChI=1S/C31H31NO2/c1-24(33)22-30(34)29(23-25-14-6-2-7-15-25)32-31(26-16-8-3-9-17-26,27-18-10-4-11-19-27)28-20-12-5-13-21-28/h2-21,29-30,32,34H,22-23H2,1H3/t29-,30+/m0/s1. The van der Waals surface area contributed by atoms with Gasteiger partial charge in [0, 0.05) is 12.5 Å². The van der Waals surface area contributed by atoms with Crippen molar-refractivity contribution in [1.82, 2.24) is 5.32 Å².